The molecule has 3 rings (SSSR count). The number of hydrogen-bond acceptors (Lipinski definition) is 4. The normalized spacial score (nSPS) is 16.9. The molecule has 0 aromatic carbocycles. The summed E-state index contributed by atoms with van der Waals surface area (Å²) in [5, 5.41) is 0. The van der Waals surface area contributed by atoms with Crippen LogP contribution in [0, 0.1) is 0 Å². The Balaban J connectivity index is 2.24. The minimum atomic E-state index is 0.458. The minimum absolute atomic E-state index is 0.458. The number of imidazole rings is 1. The van der Waals surface area contributed by atoms with Gasteiger partial charge in [0, 0.05) is 18.5 Å². The van der Waals surface area contributed by atoms with Crippen LogP contribution in [0.2, 0.25) is 0 Å². The SMILES string of the molecule is B1OC2=C(N=CN=C=C2)n2ccnc21. The molecule has 0 spiro atoms. The average molecular weight is 184 g/mol. The molecule has 5 nitrogen and oxygen atoms in total. The van der Waals surface area contributed by atoms with Crippen molar-refractivity contribution in [2.45, 2.75) is 0 Å². The molecule has 0 bridgehead atoms. The van der Waals surface area contributed by atoms with Gasteiger partial charge in [0.2, 0.25) is 0 Å². The van der Waals surface area contributed by atoms with E-state index in [-0.39, 0.29) is 0 Å². The summed E-state index contributed by atoms with van der Waals surface area (Å²) in [4.78, 5) is 12.1. The molecule has 0 saturated carbocycles. The van der Waals surface area contributed by atoms with Gasteiger partial charge in [0.1, 0.15) is 12.1 Å². The quantitative estimate of drug-likeness (QED) is 0.499. The fraction of sp³-hybridized carbons (Fsp3) is 0. The molecule has 0 amide bonds. The van der Waals surface area contributed by atoms with Crippen LogP contribution < -0.4 is 5.72 Å². The van der Waals surface area contributed by atoms with Gasteiger partial charge >= 0.3 is 7.48 Å². The molecule has 66 valence electrons. The van der Waals surface area contributed by atoms with Crippen molar-refractivity contribution in [1.82, 2.24) is 9.55 Å². The van der Waals surface area contributed by atoms with E-state index in [1.165, 1.54) is 6.34 Å². The number of hydrogen-bond donors (Lipinski definition) is 0. The van der Waals surface area contributed by atoms with E-state index < -0.39 is 0 Å². The van der Waals surface area contributed by atoms with E-state index >= 15 is 0 Å². The molecule has 0 aliphatic carbocycles. The third kappa shape index (κ3) is 0.947. The summed E-state index contributed by atoms with van der Waals surface area (Å²) in [7, 11) is 0.458. The maximum Gasteiger partial charge on any atom is 0.412 e. The summed E-state index contributed by atoms with van der Waals surface area (Å²) >= 11 is 0. The minimum Gasteiger partial charge on any atom is -0.553 e. The molecule has 2 aliphatic heterocycles. The Morgan fingerprint density at radius 1 is 1.50 bits per heavy atom. The van der Waals surface area contributed by atoms with Gasteiger partial charge in [0.05, 0.1) is 0 Å². The Morgan fingerprint density at radius 2 is 2.50 bits per heavy atom. The molecule has 14 heavy (non-hydrogen) atoms. The van der Waals surface area contributed by atoms with E-state index in [1.807, 2.05) is 10.8 Å². The van der Waals surface area contributed by atoms with Crippen LogP contribution in [0.15, 0.2) is 34.2 Å². The monoisotopic (exact) mass is 184 g/mol. The van der Waals surface area contributed by atoms with Crippen LogP contribution in [0.4, 0.5) is 0 Å². The lowest BCUT2D eigenvalue weighted by molar-refractivity contribution is 0.472. The zero-order valence-electron chi connectivity index (χ0n) is 7.21. The smallest absolute Gasteiger partial charge is 0.412 e. The van der Waals surface area contributed by atoms with Crippen LogP contribution in [0.5, 0.6) is 0 Å². The van der Waals surface area contributed by atoms with E-state index in [4.69, 9.17) is 4.65 Å². The van der Waals surface area contributed by atoms with Crippen LogP contribution in [0.25, 0.3) is 5.82 Å². The Hall–Kier alpha value is -2.07. The molecule has 0 fully saturated rings. The van der Waals surface area contributed by atoms with E-state index in [9.17, 15) is 0 Å². The average Bonchev–Trinajstić information content (AvgIpc) is 2.55. The van der Waals surface area contributed by atoms with Crippen molar-refractivity contribution >= 4 is 31.2 Å². The number of aliphatic imine (C=N–C) groups is 2. The fourth-order valence-corrected chi connectivity index (χ4v) is 1.40. The highest BCUT2D eigenvalue weighted by molar-refractivity contribution is 6.46. The summed E-state index contributed by atoms with van der Waals surface area (Å²) in [5.74, 6) is 4.08. The first-order valence-electron chi connectivity index (χ1n) is 4.16. The molecule has 0 N–H and O–H groups in total. The van der Waals surface area contributed by atoms with Crippen molar-refractivity contribution in [2.75, 3.05) is 0 Å². The van der Waals surface area contributed by atoms with Gasteiger partial charge in [-0.2, -0.15) is 4.99 Å². The lowest BCUT2D eigenvalue weighted by Crippen LogP contribution is -2.32. The van der Waals surface area contributed by atoms with Gasteiger partial charge in [0.25, 0.3) is 0 Å². The van der Waals surface area contributed by atoms with Gasteiger partial charge in [-0.1, -0.05) is 0 Å². The van der Waals surface area contributed by atoms with Crippen molar-refractivity contribution in [3.8, 4) is 0 Å². The summed E-state index contributed by atoms with van der Waals surface area (Å²) in [6.45, 7) is 0. The van der Waals surface area contributed by atoms with Crippen molar-refractivity contribution in [3.63, 3.8) is 0 Å². The van der Waals surface area contributed by atoms with Gasteiger partial charge in [-0.15, -0.1) is 0 Å². The van der Waals surface area contributed by atoms with Crippen molar-refractivity contribution < 1.29 is 4.65 Å². The van der Waals surface area contributed by atoms with Crippen LogP contribution in [0.1, 0.15) is 0 Å². The number of nitrogens with zero attached hydrogens (tertiary/aromatic N) is 4. The molecule has 6 heteroatoms. The lowest BCUT2D eigenvalue weighted by Gasteiger charge is -2.16. The van der Waals surface area contributed by atoms with Gasteiger partial charge in [-0.25, -0.2) is 9.98 Å². The first-order chi connectivity index (χ1) is 6.95. The fourth-order valence-electron chi connectivity index (χ4n) is 1.40. The topological polar surface area (TPSA) is 51.8 Å². The zero-order chi connectivity index (χ0) is 9.38. The molecule has 0 saturated heterocycles. The van der Waals surface area contributed by atoms with Crippen LogP contribution >= 0.6 is 0 Å². The van der Waals surface area contributed by atoms with E-state index in [0.717, 1.165) is 5.72 Å². The highest BCUT2D eigenvalue weighted by Gasteiger charge is 2.20. The number of aromatic nitrogens is 2. The Morgan fingerprint density at radius 3 is 3.50 bits per heavy atom. The Bertz CT molecular complexity index is 507. The molecular formula is C8H5BN4O. The largest absolute Gasteiger partial charge is 0.553 e. The molecule has 0 radical (unpaired) electrons. The zero-order valence-corrected chi connectivity index (χ0v) is 7.21. The molecule has 3 heterocycles. The number of allylic oxidation sites excluding steroid dienone is 1. The second-order valence-electron chi connectivity index (χ2n) is 2.84. The predicted molar refractivity (Wildman–Crippen MR) is 53.8 cm³/mol. The Labute approximate surface area is 80.4 Å². The molecule has 0 atom stereocenters. The van der Waals surface area contributed by atoms with E-state index in [2.05, 4.69) is 20.8 Å². The predicted octanol–water partition coefficient (Wildman–Crippen LogP) is -0.716. The second-order valence-corrected chi connectivity index (χ2v) is 2.84. The first-order valence-corrected chi connectivity index (χ1v) is 4.16. The van der Waals surface area contributed by atoms with Crippen molar-refractivity contribution in [3.05, 3.63) is 24.2 Å². The van der Waals surface area contributed by atoms with Crippen LogP contribution in [-0.4, -0.2) is 29.2 Å². The van der Waals surface area contributed by atoms with E-state index in [1.54, 1.807) is 12.3 Å². The first kappa shape index (κ1) is 7.35. The summed E-state index contributed by atoms with van der Waals surface area (Å²) in [6.07, 6.45) is 6.69. The van der Waals surface area contributed by atoms with Gasteiger partial charge in [-0.3, -0.25) is 4.57 Å². The number of fused-ring (bicyclic) bond motifs is 2. The molecule has 1 aromatic rings. The molecule has 0 unspecified atom stereocenters. The summed E-state index contributed by atoms with van der Waals surface area (Å²) < 4.78 is 7.33. The molecular weight excluding hydrogens is 179 g/mol. The Kier molecular flexibility index (Phi) is 1.43. The van der Waals surface area contributed by atoms with Crippen LogP contribution in [-0.2, 0) is 4.65 Å². The third-order valence-corrected chi connectivity index (χ3v) is 2.03. The lowest BCUT2D eigenvalue weighted by atomic mass is 9.98. The standard InChI is InChI=1S/C8H5BN4O/c1-2-10-5-12-7-6(1)14-9-8-11-3-4-13(7)8/h1,3-5,9H. The van der Waals surface area contributed by atoms with Crippen molar-refractivity contribution in [1.29, 1.82) is 0 Å². The van der Waals surface area contributed by atoms with Crippen molar-refractivity contribution in [2.24, 2.45) is 9.98 Å². The second kappa shape index (κ2) is 2.72. The highest BCUT2D eigenvalue weighted by Crippen LogP contribution is 2.17. The van der Waals surface area contributed by atoms with E-state index in [0.29, 0.717) is 19.1 Å². The summed E-state index contributed by atoms with van der Waals surface area (Å²) in [6, 6.07) is 0. The highest BCUT2D eigenvalue weighted by atomic mass is 16.4. The van der Waals surface area contributed by atoms with Crippen LogP contribution in [0.3, 0.4) is 0 Å². The van der Waals surface area contributed by atoms with Gasteiger partial charge in [0.15, 0.2) is 11.6 Å². The number of rotatable bonds is 0. The van der Waals surface area contributed by atoms with Gasteiger partial charge < -0.3 is 4.65 Å². The maximum absolute atomic E-state index is 5.45. The molecule has 1 aromatic heterocycles. The van der Waals surface area contributed by atoms with Gasteiger partial charge in [-0.05, 0) is 5.87 Å². The summed E-state index contributed by atoms with van der Waals surface area (Å²) in [5.41, 5.74) is 0.844. The molecule has 2 aliphatic rings. The third-order valence-electron chi connectivity index (χ3n) is 2.03. The maximum atomic E-state index is 5.45.